The van der Waals surface area contributed by atoms with Crippen molar-refractivity contribution in [2.24, 2.45) is 0 Å². The van der Waals surface area contributed by atoms with Crippen molar-refractivity contribution in [1.82, 2.24) is 0 Å². The van der Waals surface area contributed by atoms with Crippen LogP contribution in [0.25, 0.3) is 0 Å². The minimum absolute atomic E-state index is 0.116. The van der Waals surface area contributed by atoms with Crippen molar-refractivity contribution >= 4 is 27.7 Å². The van der Waals surface area contributed by atoms with Gasteiger partial charge in [0.1, 0.15) is 12.4 Å². The highest BCUT2D eigenvalue weighted by atomic mass is 79.9. The van der Waals surface area contributed by atoms with Gasteiger partial charge in [0.05, 0.1) is 4.47 Å². The first-order chi connectivity index (χ1) is 7.42. The zero-order valence-corrected chi connectivity index (χ0v) is 10.5. The van der Waals surface area contributed by atoms with Gasteiger partial charge in [0.25, 0.3) is 0 Å². The van der Waals surface area contributed by atoms with E-state index < -0.39 is 5.51 Å². The summed E-state index contributed by atoms with van der Waals surface area (Å²) in [6.07, 6.45) is 1.56. The number of hydrogen-bond donors (Lipinski definition) is 0. The Morgan fingerprint density at radius 1 is 1.44 bits per heavy atom. The molecule has 0 N–H and O–H groups in total. The molecule has 6 heteroatoms. The largest absolute Gasteiger partial charge is 0.488 e. The van der Waals surface area contributed by atoms with Crippen LogP contribution in [0, 0.1) is 0 Å². The summed E-state index contributed by atoms with van der Waals surface area (Å²) < 4.78 is 41.9. The van der Waals surface area contributed by atoms with E-state index in [1.807, 2.05) is 0 Å². The van der Waals surface area contributed by atoms with Crippen molar-refractivity contribution in [3.8, 4) is 5.75 Å². The Hall–Kier alpha value is -0.620. The third-order valence-electron chi connectivity index (χ3n) is 1.49. The molecule has 0 atom stereocenters. The number of thioether (sulfide) groups is 1. The Balaban J connectivity index is 2.78. The second-order valence-corrected chi connectivity index (χ2v) is 4.73. The summed E-state index contributed by atoms with van der Waals surface area (Å²) in [6, 6.07) is 4.22. The molecule has 0 bridgehead atoms. The van der Waals surface area contributed by atoms with Gasteiger partial charge in [-0.25, -0.2) is 0 Å². The molecule has 0 unspecified atom stereocenters. The molecule has 0 aromatic heterocycles. The van der Waals surface area contributed by atoms with Gasteiger partial charge in [-0.3, -0.25) is 0 Å². The smallest absolute Gasteiger partial charge is 0.446 e. The molecule has 1 nitrogen and oxygen atoms in total. The zero-order chi connectivity index (χ0) is 12.2. The average Bonchev–Trinajstić information content (AvgIpc) is 2.14. The monoisotopic (exact) mass is 312 g/mol. The van der Waals surface area contributed by atoms with E-state index in [1.54, 1.807) is 6.08 Å². The molecule has 16 heavy (non-hydrogen) atoms. The fourth-order valence-electron chi connectivity index (χ4n) is 0.944. The van der Waals surface area contributed by atoms with Crippen LogP contribution in [0.5, 0.6) is 5.75 Å². The lowest BCUT2D eigenvalue weighted by atomic mass is 10.3. The van der Waals surface area contributed by atoms with Crippen LogP contribution in [0.2, 0.25) is 0 Å². The first-order valence-corrected chi connectivity index (χ1v) is 5.82. The molecular formula is C10H8BrF3OS. The molecule has 0 aliphatic rings. The predicted molar refractivity (Wildman–Crippen MR) is 61.7 cm³/mol. The Morgan fingerprint density at radius 2 is 2.12 bits per heavy atom. The third-order valence-corrected chi connectivity index (χ3v) is 2.83. The molecule has 0 saturated carbocycles. The lowest BCUT2D eigenvalue weighted by molar-refractivity contribution is -0.0328. The van der Waals surface area contributed by atoms with E-state index in [9.17, 15) is 13.2 Å². The first-order valence-electron chi connectivity index (χ1n) is 4.21. The van der Waals surface area contributed by atoms with Crippen LogP contribution in [0.4, 0.5) is 13.2 Å². The van der Waals surface area contributed by atoms with E-state index in [-0.39, 0.29) is 16.7 Å². The summed E-state index contributed by atoms with van der Waals surface area (Å²) >= 11 is 2.99. The van der Waals surface area contributed by atoms with Crippen molar-refractivity contribution in [2.45, 2.75) is 10.4 Å². The van der Waals surface area contributed by atoms with Gasteiger partial charge in [-0.05, 0) is 45.9 Å². The van der Waals surface area contributed by atoms with Gasteiger partial charge in [0.2, 0.25) is 0 Å². The van der Waals surface area contributed by atoms with Crippen molar-refractivity contribution < 1.29 is 17.9 Å². The van der Waals surface area contributed by atoms with Gasteiger partial charge >= 0.3 is 5.51 Å². The summed E-state index contributed by atoms with van der Waals surface area (Å²) in [5.74, 6) is 0.492. The van der Waals surface area contributed by atoms with Gasteiger partial charge in [-0.1, -0.05) is 12.7 Å². The predicted octanol–water partition coefficient (Wildman–Crippen LogP) is 4.63. The maximum atomic E-state index is 12.1. The number of benzene rings is 1. The third kappa shape index (κ3) is 4.49. The Morgan fingerprint density at radius 3 is 2.62 bits per heavy atom. The molecule has 0 heterocycles. The summed E-state index contributed by atoms with van der Waals surface area (Å²) in [5.41, 5.74) is -4.27. The fraction of sp³-hybridized carbons (Fsp3) is 0.200. The van der Waals surface area contributed by atoms with E-state index in [0.29, 0.717) is 16.8 Å². The van der Waals surface area contributed by atoms with Crippen molar-refractivity contribution in [3.63, 3.8) is 0 Å². The highest BCUT2D eigenvalue weighted by Crippen LogP contribution is 2.39. The van der Waals surface area contributed by atoms with Crippen LogP contribution in [-0.2, 0) is 0 Å². The van der Waals surface area contributed by atoms with Crippen LogP contribution in [-0.4, -0.2) is 12.1 Å². The topological polar surface area (TPSA) is 9.23 Å². The van der Waals surface area contributed by atoms with Gasteiger partial charge < -0.3 is 4.74 Å². The minimum atomic E-state index is -4.27. The Kier molecular flexibility index (Phi) is 4.73. The van der Waals surface area contributed by atoms with Crippen molar-refractivity contribution in [3.05, 3.63) is 35.3 Å². The molecule has 88 valence electrons. The molecule has 1 aromatic carbocycles. The molecule has 1 rings (SSSR count). The maximum Gasteiger partial charge on any atom is 0.446 e. The number of alkyl halides is 3. The average molecular weight is 313 g/mol. The summed E-state index contributed by atoms with van der Waals surface area (Å²) in [6.45, 7) is 3.79. The molecule has 0 aliphatic heterocycles. The van der Waals surface area contributed by atoms with E-state index in [0.717, 1.165) is 0 Å². The maximum absolute atomic E-state index is 12.1. The fourth-order valence-corrected chi connectivity index (χ4v) is 2.17. The van der Waals surface area contributed by atoms with Gasteiger partial charge in [-0.2, -0.15) is 13.2 Å². The normalized spacial score (nSPS) is 11.2. The van der Waals surface area contributed by atoms with Crippen LogP contribution in [0.1, 0.15) is 0 Å². The highest BCUT2D eigenvalue weighted by molar-refractivity contribution is 9.10. The first kappa shape index (κ1) is 13.4. The SMILES string of the molecule is C=CCOc1ccc(SC(F)(F)F)cc1Br. The molecule has 0 aliphatic carbocycles. The Bertz CT molecular complexity index is 379. The summed E-state index contributed by atoms with van der Waals surface area (Å²) in [5, 5.41) is 0. The number of ether oxygens (including phenoxy) is 1. The molecule has 0 radical (unpaired) electrons. The summed E-state index contributed by atoms with van der Waals surface area (Å²) in [7, 11) is 0. The van der Waals surface area contributed by atoms with Gasteiger partial charge in [0.15, 0.2) is 0 Å². The zero-order valence-electron chi connectivity index (χ0n) is 8.05. The number of hydrogen-bond acceptors (Lipinski definition) is 2. The van der Waals surface area contributed by atoms with E-state index >= 15 is 0 Å². The molecule has 1 aromatic rings. The van der Waals surface area contributed by atoms with E-state index in [1.165, 1.54) is 18.2 Å². The number of rotatable bonds is 4. The second-order valence-electron chi connectivity index (χ2n) is 2.74. The minimum Gasteiger partial charge on any atom is -0.488 e. The second kappa shape index (κ2) is 5.63. The molecule has 0 spiro atoms. The number of halogens is 4. The lowest BCUT2D eigenvalue weighted by Gasteiger charge is -2.09. The van der Waals surface area contributed by atoms with Crippen LogP contribution in [0.15, 0.2) is 40.2 Å². The highest BCUT2D eigenvalue weighted by Gasteiger charge is 2.29. The van der Waals surface area contributed by atoms with E-state index in [2.05, 4.69) is 22.5 Å². The van der Waals surface area contributed by atoms with Crippen LogP contribution in [0.3, 0.4) is 0 Å². The molecular weight excluding hydrogens is 305 g/mol. The van der Waals surface area contributed by atoms with Crippen molar-refractivity contribution in [2.75, 3.05) is 6.61 Å². The molecule has 0 fully saturated rings. The van der Waals surface area contributed by atoms with Crippen LogP contribution >= 0.6 is 27.7 Å². The lowest BCUT2D eigenvalue weighted by Crippen LogP contribution is -1.99. The quantitative estimate of drug-likeness (QED) is 0.592. The summed E-state index contributed by atoms with van der Waals surface area (Å²) in [4.78, 5) is 0.116. The van der Waals surface area contributed by atoms with Gasteiger partial charge in [0, 0.05) is 4.90 Å². The molecule has 0 amide bonds. The van der Waals surface area contributed by atoms with Crippen LogP contribution < -0.4 is 4.74 Å². The standard InChI is InChI=1S/C10H8BrF3OS/c1-2-5-15-9-4-3-7(6-8(9)11)16-10(12,13)14/h2-4,6H,1,5H2. The molecule has 0 saturated heterocycles. The van der Waals surface area contributed by atoms with Gasteiger partial charge in [-0.15, -0.1) is 0 Å². The van der Waals surface area contributed by atoms with E-state index in [4.69, 9.17) is 4.74 Å². The Labute approximate surface area is 104 Å². The van der Waals surface area contributed by atoms with Crippen molar-refractivity contribution in [1.29, 1.82) is 0 Å².